The Morgan fingerprint density at radius 1 is 1.26 bits per heavy atom. The Morgan fingerprint density at radius 2 is 2.09 bits per heavy atom. The van der Waals surface area contributed by atoms with Gasteiger partial charge < -0.3 is 19.7 Å². The molecule has 2 aliphatic heterocycles. The van der Waals surface area contributed by atoms with Crippen molar-refractivity contribution in [2.45, 2.75) is 25.7 Å². The molecule has 1 amide bonds. The quantitative estimate of drug-likeness (QED) is 0.558. The predicted molar refractivity (Wildman–Crippen MR) is 128 cm³/mol. The molecule has 2 aliphatic rings. The van der Waals surface area contributed by atoms with E-state index < -0.39 is 0 Å². The fourth-order valence-corrected chi connectivity index (χ4v) is 4.75. The van der Waals surface area contributed by atoms with Crippen LogP contribution >= 0.6 is 0 Å². The number of hydrogen-bond donors (Lipinski definition) is 1. The van der Waals surface area contributed by atoms with Crippen molar-refractivity contribution in [1.82, 2.24) is 14.9 Å². The van der Waals surface area contributed by atoms with Gasteiger partial charge in [0.25, 0.3) is 5.91 Å². The van der Waals surface area contributed by atoms with E-state index in [0.29, 0.717) is 53.3 Å². The first kappa shape index (κ1) is 23.2. The van der Waals surface area contributed by atoms with E-state index in [4.69, 9.17) is 9.47 Å². The summed E-state index contributed by atoms with van der Waals surface area (Å²) in [6.07, 6.45) is 3.66. The molecule has 1 saturated heterocycles. The molecule has 1 aromatic carbocycles. The lowest BCUT2D eigenvalue weighted by Crippen LogP contribution is -2.38. The summed E-state index contributed by atoms with van der Waals surface area (Å²) in [7, 11) is 1.53. The van der Waals surface area contributed by atoms with Gasteiger partial charge in [0.05, 0.1) is 30.0 Å². The van der Waals surface area contributed by atoms with Crippen molar-refractivity contribution in [2.24, 2.45) is 5.92 Å². The summed E-state index contributed by atoms with van der Waals surface area (Å²) in [6.45, 7) is 2.25. The number of nitrogens with one attached hydrogen (secondary N) is 1. The zero-order valence-electron chi connectivity index (χ0n) is 19.6. The van der Waals surface area contributed by atoms with E-state index in [2.05, 4.69) is 20.2 Å². The van der Waals surface area contributed by atoms with Crippen molar-refractivity contribution >= 4 is 28.4 Å². The molecule has 0 radical (unpaired) electrons. The van der Waals surface area contributed by atoms with Gasteiger partial charge in [0.1, 0.15) is 17.3 Å². The van der Waals surface area contributed by atoms with E-state index in [1.165, 1.54) is 13.3 Å². The number of likely N-dealkylation sites (tertiary alicyclic amines) is 1. The Labute approximate surface area is 202 Å². The van der Waals surface area contributed by atoms with Crippen LogP contribution in [-0.4, -0.2) is 59.9 Å². The van der Waals surface area contributed by atoms with Crippen molar-refractivity contribution in [1.29, 1.82) is 0 Å². The van der Waals surface area contributed by atoms with Gasteiger partial charge in [-0.2, -0.15) is 0 Å². The summed E-state index contributed by atoms with van der Waals surface area (Å²) in [4.78, 5) is 35.2. The average Bonchev–Trinajstić information content (AvgIpc) is 2.88. The molecule has 0 unspecified atom stereocenters. The number of fused-ring (bicyclic) bond motifs is 2. The number of benzene rings is 1. The minimum Gasteiger partial charge on any atom is -0.482 e. The van der Waals surface area contributed by atoms with E-state index in [-0.39, 0.29) is 30.0 Å². The van der Waals surface area contributed by atoms with Crippen LogP contribution < -0.4 is 14.8 Å². The van der Waals surface area contributed by atoms with Gasteiger partial charge in [-0.1, -0.05) is 6.07 Å². The van der Waals surface area contributed by atoms with E-state index in [1.54, 1.807) is 18.2 Å². The van der Waals surface area contributed by atoms with Crippen LogP contribution in [0.4, 0.5) is 10.1 Å². The maximum Gasteiger partial charge on any atom is 0.262 e. The van der Waals surface area contributed by atoms with Gasteiger partial charge in [-0.05, 0) is 56.1 Å². The Balaban J connectivity index is 1.16. The normalized spacial score (nSPS) is 16.5. The summed E-state index contributed by atoms with van der Waals surface area (Å²) >= 11 is 0. The Hall–Kier alpha value is -3.59. The fraction of sp³-hybridized carbons (Fsp3) is 0.385. The topological polar surface area (TPSA) is 93.6 Å². The smallest absolute Gasteiger partial charge is 0.262 e. The highest BCUT2D eigenvalue weighted by molar-refractivity contribution is 5.95. The maximum absolute atomic E-state index is 14.6. The van der Waals surface area contributed by atoms with Gasteiger partial charge in [0.2, 0.25) is 5.88 Å². The molecule has 0 atom stereocenters. The molecule has 0 aliphatic carbocycles. The molecule has 1 fully saturated rings. The number of Topliss-reactive ketones (excluding diaryl/α,β-unsaturated/α-hetero) is 1. The molecule has 0 saturated carbocycles. The van der Waals surface area contributed by atoms with Crippen LogP contribution in [0, 0.1) is 11.7 Å². The van der Waals surface area contributed by atoms with Crippen LogP contribution in [0.25, 0.3) is 11.0 Å². The second kappa shape index (κ2) is 9.95. The van der Waals surface area contributed by atoms with Crippen molar-refractivity contribution in [2.75, 3.05) is 38.7 Å². The van der Waals surface area contributed by atoms with Gasteiger partial charge in [-0.15, -0.1) is 0 Å². The van der Waals surface area contributed by atoms with Gasteiger partial charge in [-0.3, -0.25) is 14.6 Å². The third kappa shape index (κ3) is 5.09. The summed E-state index contributed by atoms with van der Waals surface area (Å²) in [5, 5.41) is 2.76. The second-order valence-electron chi connectivity index (χ2n) is 8.98. The SMILES string of the molecule is COc1ccc2ncc(F)c(CCN3CCC(C(=O)Cc4ccc5c(c4)OCC(=O)N5)CC3)c2n1. The molecule has 9 heteroatoms. The van der Waals surface area contributed by atoms with Crippen LogP contribution in [0.1, 0.15) is 24.0 Å². The number of hydrogen-bond acceptors (Lipinski definition) is 7. The molecular weight excluding hydrogens is 451 g/mol. The number of rotatable bonds is 7. The minimum absolute atomic E-state index is 0.00678. The molecule has 35 heavy (non-hydrogen) atoms. The van der Waals surface area contributed by atoms with Crippen LogP contribution in [0.3, 0.4) is 0 Å². The van der Waals surface area contributed by atoms with Gasteiger partial charge >= 0.3 is 0 Å². The zero-order valence-corrected chi connectivity index (χ0v) is 19.6. The van der Waals surface area contributed by atoms with Crippen LogP contribution in [0.5, 0.6) is 11.6 Å². The van der Waals surface area contributed by atoms with Crippen LogP contribution in [0.15, 0.2) is 36.5 Å². The number of nitrogens with zero attached hydrogens (tertiary/aromatic N) is 3. The molecule has 8 nitrogen and oxygen atoms in total. The molecule has 182 valence electrons. The van der Waals surface area contributed by atoms with Gasteiger partial charge in [0.15, 0.2) is 6.61 Å². The van der Waals surface area contributed by atoms with Crippen molar-refractivity contribution in [3.63, 3.8) is 0 Å². The van der Waals surface area contributed by atoms with E-state index in [9.17, 15) is 14.0 Å². The fourth-order valence-electron chi connectivity index (χ4n) is 4.75. The summed E-state index contributed by atoms with van der Waals surface area (Å²) in [5.41, 5.74) is 3.23. The van der Waals surface area contributed by atoms with E-state index >= 15 is 0 Å². The predicted octanol–water partition coefficient (Wildman–Crippen LogP) is 3.17. The number of methoxy groups -OCH3 is 1. The third-order valence-corrected chi connectivity index (χ3v) is 6.73. The third-order valence-electron chi connectivity index (χ3n) is 6.73. The highest BCUT2D eigenvalue weighted by Gasteiger charge is 2.26. The van der Waals surface area contributed by atoms with Gasteiger partial charge in [0, 0.05) is 30.5 Å². The molecule has 0 bridgehead atoms. The van der Waals surface area contributed by atoms with Crippen LogP contribution in [-0.2, 0) is 22.4 Å². The molecule has 0 spiro atoms. The lowest BCUT2D eigenvalue weighted by atomic mass is 9.89. The van der Waals surface area contributed by atoms with Crippen molar-refractivity contribution in [3.8, 4) is 11.6 Å². The largest absolute Gasteiger partial charge is 0.482 e. The molecule has 2 aromatic heterocycles. The highest BCUT2D eigenvalue weighted by Crippen LogP contribution is 2.30. The number of carbonyl (C=O) groups is 2. The first-order valence-electron chi connectivity index (χ1n) is 11.8. The Kier molecular flexibility index (Phi) is 6.59. The number of piperidine rings is 1. The minimum atomic E-state index is -0.364. The number of aromatic nitrogens is 2. The lowest BCUT2D eigenvalue weighted by Gasteiger charge is -2.31. The standard InChI is InChI=1S/C26H27FN4O4/c1-34-25-5-4-21-26(30-25)18(19(27)14-28-21)8-11-31-9-6-17(7-10-31)22(32)12-16-2-3-20-23(13-16)35-15-24(33)29-20/h2-5,13-14,17H,6-12,15H2,1H3,(H,29,33). The first-order chi connectivity index (χ1) is 17.0. The van der Waals surface area contributed by atoms with Gasteiger partial charge in [-0.25, -0.2) is 9.37 Å². The molecule has 3 aromatic rings. The Morgan fingerprint density at radius 3 is 2.89 bits per heavy atom. The number of halogens is 1. The van der Waals surface area contributed by atoms with Crippen molar-refractivity contribution < 1.29 is 23.5 Å². The number of ether oxygens (including phenoxy) is 2. The monoisotopic (exact) mass is 478 g/mol. The number of carbonyl (C=O) groups excluding carboxylic acids is 2. The second-order valence-corrected chi connectivity index (χ2v) is 8.98. The number of anilines is 1. The highest BCUT2D eigenvalue weighted by atomic mass is 19.1. The van der Waals surface area contributed by atoms with Crippen LogP contribution in [0.2, 0.25) is 0 Å². The maximum atomic E-state index is 14.6. The average molecular weight is 479 g/mol. The summed E-state index contributed by atoms with van der Waals surface area (Å²) in [5.74, 6) is 0.716. The summed E-state index contributed by atoms with van der Waals surface area (Å²) < 4.78 is 25.2. The van der Waals surface area contributed by atoms with E-state index in [1.807, 2.05) is 12.1 Å². The number of amides is 1. The molecular formula is C26H27FN4O4. The van der Waals surface area contributed by atoms with Crippen molar-refractivity contribution in [3.05, 3.63) is 53.5 Å². The molecule has 1 N–H and O–H groups in total. The molecule has 5 rings (SSSR count). The first-order valence-corrected chi connectivity index (χ1v) is 11.8. The number of pyridine rings is 2. The molecule has 4 heterocycles. The summed E-state index contributed by atoms with van der Waals surface area (Å²) in [6, 6.07) is 8.97. The lowest BCUT2D eigenvalue weighted by molar-refractivity contribution is -0.123. The number of ketones is 1. The van der Waals surface area contributed by atoms with E-state index in [0.717, 1.165) is 31.5 Å². The zero-order chi connectivity index (χ0) is 24.4. The Bertz CT molecular complexity index is 1270.